The maximum atomic E-state index is 12.8. The van der Waals surface area contributed by atoms with Gasteiger partial charge in [-0.1, -0.05) is 19.8 Å². The largest absolute Gasteiger partial charge is 0.335 e. The number of Topliss-reactive ketones (excluding diaryl/α,β-unsaturated/α-hetero) is 1. The first-order chi connectivity index (χ1) is 9.63. The number of hydrogen-bond donors (Lipinski definition) is 0. The third-order valence-corrected chi connectivity index (χ3v) is 4.93. The van der Waals surface area contributed by atoms with Gasteiger partial charge >= 0.3 is 0 Å². The van der Waals surface area contributed by atoms with Gasteiger partial charge in [0.25, 0.3) is 5.91 Å². The molecule has 1 amide bonds. The van der Waals surface area contributed by atoms with E-state index in [1.807, 2.05) is 16.3 Å². The molecule has 1 atom stereocenters. The third kappa shape index (κ3) is 3.48. The van der Waals surface area contributed by atoms with Crippen LogP contribution >= 0.6 is 11.3 Å². The Hall–Kier alpha value is -1.16. The van der Waals surface area contributed by atoms with Crippen LogP contribution in [0, 0.1) is 0 Å². The predicted molar refractivity (Wildman–Crippen MR) is 82.3 cm³/mol. The number of carbonyl (C=O) groups excluding carboxylic acids is 2. The first-order valence-corrected chi connectivity index (χ1v) is 8.38. The van der Waals surface area contributed by atoms with Gasteiger partial charge in [0.15, 0.2) is 0 Å². The average molecular weight is 293 g/mol. The molecule has 2 rings (SSSR count). The van der Waals surface area contributed by atoms with Crippen LogP contribution in [0.15, 0.2) is 11.4 Å². The number of likely N-dealkylation sites (tertiary alicyclic amines) is 1. The Balaban J connectivity index is 2.21. The van der Waals surface area contributed by atoms with E-state index in [1.54, 1.807) is 6.92 Å². The molecule has 2 heterocycles. The lowest BCUT2D eigenvalue weighted by molar-refractivity contribution is -0.118. The molecule has 0 saturated carbocycles. The van der Waals surface area contributed by atoms with Crippen LogP contribution in [-0.2, 0) is 11.2 Å². The van der Waals surface area contributed by atoms with Crippen LogP contribution in [0.5, 0.6) is 0 Å². The highest BCUT2D eigenvalue weighted by molar-refractivity contribution is 7.12. The number of nitrogens with zero attached hydrogens (tertiary/aromatic N) is 1. The molecule has 20 heavy (non-hydrogen) atoms. The smallest absolute Gasteiger partial charge is 0.264 e. The van der Waals surface area contributed by atoms with Crippen molar-refractivity contribution in [3.63, 3.8) is 0 Å². The summed E-state index contributed by atoms with van der Waals surface area (Å²) in [5.74, 6) is 0.307. The van der Waals surface area contributed by atoms with Crippen molar-refractivity contribution in [1.82, 2.24) is 4.90 Å². The van der Waals surface area contributed by atoms with Gasteiger partial charge in [0, 0.05) is 19.0 Å². The highest BCUT2D eigenvalue weighted by Crippen LogP contribution is 2.25. The third-order valence-electron chi connectivity index (χ3n) is 3.98. The van der Waals surface area contributed by atoms with Crippen LogP contribution in [0.3, 0.4) is 0 Å². The Bertz CT molecular complexity index is 481. The molecule has 1 unspecified atom stereocenters. The van der Waals surface area contributed by atoms with E-state index in [0.717, 1.165) is 49.1 Å². The van der Waals surface area contributed by atoms with Crippen molar-refractivity contribution >= 4 is 23.0 Å². The van der Waals surface area contributed by atoms with Crippen molar-refractivity contribution in [2.45, 2.75) is 58.4 Å². The topological polar surface area (TPSA) is 37.4 Å². The molecular formula is C16H23NO2S. The van der Waals surface area contributed by atoms with Gasteiger partial charge in [0.1, 0.15) is 5.78 Å². The zero-order chi connectivity index (χ0) is 14.5. The van der Waals surface area contributed by atoms with Crippen LogP contribution in [-0.4, -0.2) is 29.2 Å². The van der Waals surface area contributed by atoms with E-state index in [-0.39, 0.29) is 17.7 Å². The zero-order valence-electron chi connectivity index (χ0n) is 12.4. The fraction of sp³-hybridized carbons (Fsp3) is 0.625. The summed E-state index contributed by atoms with van der Waals surface area (Å²) in [6.07, 6.45) is 5.66. The van der Waals surface area contributed by atoms with Crippen molar-refractivity contribution < 1.29 is 9.59 Å². The minimum Gasteiger partial charge on any atom is -0.335 e. The number of carbonyl (C=O) groups is 2. The molecule has 0 aromatic carbocycles. The zero-order valence-corrected chi connectivity index (χ0v) is 13.2. The lowest BCUT2D eigenvalue weighted by Crippen LogP contribution is -2.41. The van der Waals surface area contributed by atoms with E-state index < -0.39 is 0 Å². The maximum absolute atomic E-state index is 12.8. The number of aryl methyl sites for hydroxylation is 1. The number of ketones is 1. The fourth-order valence-corrected chi connectivity index (χ4v) is 3.87. The standard InChI is InChI=1S/C16H23NO2S/c1-3-13-8-10-20-15(13)16(19)17-9-6-4-5-7-14(17)11-12(2)18/h8,10,14H,3-7,9,11H2,1-2H3. The number of thiophene rings is 1. The van der Waals surface area contributed by atoms with Gasteiger partial charge in [-0.25, -0.2) is 0 Å². The normalized spacial score (nSPS) is 19.7. The van der Waals surface area contributed by atoms with Crippen molar-refractivity contribution in [2.75, 3.05) is 6.54 Å². The summed E-state index contributed by atoms with van der Waals surface area (Å²) in [7, 11) is 0. The monoisotopic (exact) mass is 293 g/mol. The van der Waals surface area contributed by atoms with Crippen LogP contribution in [0.25, 0.3) is 0 Å². The molecular weight excluding hydrogens is 270 g/mol. The Morgan fingerprint density at radius 2 is 2.15 bits per heavy atom. The van der Waals surface area contributed by atoms with E-state index in [9.17, 15) is 9.59 Å². The predicted octanol–water partition coefficient (Wildman–Crippen LogP) is 3.67. The molecule has 0 bridgehead atoms. The summed E-state index contributed by atoms with van der Waals surface area (Å²) in [6.45, 7) is 4.49. The van der Waals surface area contributed by atoms with Crippen LogP contribution in [0.2, 0.25) is 0 Å². The van der Waals surface area contributed by atoms with E-state index >= 15 is 0 Å². The molecule has 1 aliphatic rings. The molecule has 1 aliphatic heterocycles. The van der Waals surface area contributed by atoms with E-state index in [1.165, 1.54) is 11.3 Å². The molecule has 1 aromatic heterocycles. The van der Waals surface area contributed by atoms with Crippen LogP contribution in [0.4, 0.5) is 0 Å². The van der Waals surface area contributed by atoms with E-state index in [0.29, 0.717) is 6.42 Å². The van der Waals surface area contributed by atoms with Crippen molar-refractivity contribution in [3.05, 3.63) is 21.9 Å². The minimum absolute atomic E-state index is 0.0920. The van der Waals surface area contributed by atoms with Crippen LogP contribution in [0.1, 0.15) is 61.2 Å². The van der Waals surface area contributed by atoms with E-state index in [2.05, 4.69) is 6.92 Å². The summed E-state index contributed by atoms with van der Waals surface area (Å²) in [5.41, 5.74) is 1.13. The fourth-order valence-electron chi connectivity index (χ4n) is 2.92. The highest BCUT2D eigenvalue weighted by atomic mass is 32.1. The van der Waals surface area contributed by atoms with Crippen molar-refractivity contribution in [3.8, 4) is 0 Å². The molecule has 1 aromatic rings. The highest BCUT2D eigenvalue weighted by Gasteiger charge is 2.28. The molecule has 0 N–H and O–H groups in total. The lowest BCUT2D eigenvalue weighted by atomic mass is 10.0. The molecule has 1 saturated heterocycles. The van der Waals surface area contributed by atoms with E-state index in [4.69, 9.17) is 0 Å². The lowest BCUT2D eigenvalue weighted by Gasteiger charge is -2.29. The SMILES string of the molecule is CCc1ccsc1C(=O)N1CCCCCC1CC(C)=O. The summed E-state index contributed by atoms with van der Waals surface area (Å²) in [4.78, 5) is 27.1. The molecule has 110 valence electrons. The second kappa shape index (κ2) is 7.02. The van der Waals surface area contributed by atoms with Gasteiger partial charge in [-0.15, -0.1) is 11.3 Å². The van der Waals surface area contributed by atoms with Gasteiger partial charge in [-0.3, -0.25) is 9.59 Å². The molecule has 3 nitrogen and oxygen atoms in total. The first-order valence-electron chi connectivity index (χ1n) is 7.50. The number of amides is 1. The maximum Gasteiger partial charge on any atom is 0.264 e. The van der Waals surface area contributed by atoms with Crippen molar-refractivity contribution in [1.29, 1.82) is 0 Å². The Morgan fingerprint density at radius 1 is 1.35 bits per heavy atom. The average Bonchev–Trinajstić information content (AvgIpc) is 2.78. The van der Waals surface area contributed by atoms with Gasteiger partial charge in [-0.2, -0.15) is 0 Å². The minimum atomic E-state index is 0.0920. The number of rotatable bonds is 4. The quantitative estimate of drug-likeness (QED) is 0.849. The second-order valence-corrected chi connectivity index (χ2v) is 6.45. The Labute approximate surface area is 125 Å². The molecule has 1 fully saturated rings. The Kier molecular flexibility index (Phi) is 5.35. The van der Waals surface area contributed by atoms with Gasteiger partial charge in [0.05, 0.1) is 4.88 Å². The van der Waals surface area contributed by atoms with Gasteiger partial charge in [0.2, 0.25) is 0 Å². The number of hydrogen-bond acceptors (Lipinski definition) is 3. The molecule has 0 radical (unpaired) electrons. The van der Waals surface area contributed by atoms with Gasteiger partial charge < -0.3 is 4.90 Å². The summed E-state index contributed by atoms with van der Waals surface area (Å²) in [5, 5.41) is 1.99. The van der Waals surface area contributed by atoms with Crippen molar-refractivity contribution in [2.24, 2.45) is 0 Å². The first kappa shape index (κ1) is 15.2. The summed E-state index contributed by atoms with van der Waals surface area (Å²) < 4.78 is 0. The molecule has 0 aliphatic carbocycles. The summed E-state index contributed by atoms with van der Waals surface area (Å²) in [6, 6.07) is 2.13. The van der Waals surface area contributed by atoms with Crippen LogP contribution < -0.4 is 0 Å². The Morgan fingerprint density at radius 3 is 2.85 bits per heavy atom. The molecule has 0 spiro atoms. The second-order valence-electron chi connectivity index (χ2n) is 5.54. The summed E-state index contributed by atoms with van der Waals surface area (Å²) >= 11 is 1.53. The molecule has 4 heteroatoms. The van der Waals surface area contributed by atoms with Gasteiger partial charge in [-0.05, 0) is 43.2 Å².